The number of rotatable bonds is 7. The molecule has 1 unspecified atom stereocenters. The van der Waals surface area contributed by atoms with Crippen molar-refractivity contribution in [2.24, 2.45) is 0 Å². The zero-order valence-electron chi connectivity index (χ0n) is 22.6. The molecule has 0 aliphatic rings. The molecule has 3 nitrogen and oxygen atoms in total. The normalized spacial score (nSPS) is 12.3. The maximum Gasteiger partial charge on any atom is 0.431 e. The van der Waals surface area contributed by atoms with E-state index in [1.807, 2.05) is 0 Å². The second-order valence-corrected chi connectivity index (χ2v) is 11.7. The molecule has 41 heavy (non-hydrogen) atoms. The van der Waals surface area contributed by atoms with Gasteiger partial charge in [-0.25, -0.2) is 13.6 Å². The molecule has 4 rings (SSSR count). The predicted molar refractivity (Wildman–Crippen MR) is 150 cm³/mol. The SMILES string of the molecule is CC(C)(C)Oc1ccc([S+](c2ccccc2)c2ccccc2)cc1.O=C(OC(C(F)F)C(F)(F)F)c1ccccc1. The van der Waals surface area contributed by atoms with E-state index in [1.165, 1.54) is 45.0 Å². The number of carbonyl (C=O) groups excluding carboxylic acids is 1. The fourth-order valence-corrected chi connectivity index (χ4v) is 5.62. The van der Waals surface area contributed by atoms with Crippen LogP contribution in [0.25, 0.3) is 0 Å². The zero-order valence-corrected chi connectivity index (χ0v) is 23.5. The van der Waals surface area contributed by atoms with E-state index >= 15 is 0 Å². The quantitative estimate of drug-likeness (QED) is 0.123. The van der Waals surface area contributed by atoms with Crippen molar-refractivity contribution < 1.29 is 36.2 Å². The summed E-state index contributed by atoms with van der Waals surface area (Å²) in [6.07, 6.45) is -12.5. The third kappa shape index (κ3) is 9.93. The van der Waals surface area contributed by atoms with E-state index in [0.717, 1.165) is 5.75 Å². The minimum absolute atomic E-state index is 0.102. The molecule has 216 valence electrons. The Kier molecular flexibility index (Phi) is 10.9. The van der Waals surface area contributed by atoms with E-state index in [-0.39, 0.29) is 22.1 Å². The summed E-state index contributed by atoms with van der Waals surface area (Å²) in [5.74, 6) is -0.524. The lowest BCUT2D eigenvalue weighted by atomic mass is 10.2. The van der Waals surface area contributed by atoms with Gasteiger partial charge in [0.05, 0.1) is 16.5 Å². The van der Waals surface area contributed by atoms with Crippen LogP contribution in [0.5, 0.6) is 5.75 Å². The zero-order chi connectivity index (χ0) is 30.0. The largest absolute Gasteiger partial charge is 0.488 e. The van der Waals surface area contributed by atoms with Gasteiger partial charge in [-0.3, -0.25) is 0 Å². The van der Waals surface area contributed by atoms with Crippen LogP contribution in [0, 0.1) is 0 Å². The third-order valence-electron chi connectivity index (χ3n) is 5.24. The van der Waals surface area contributed by atoms with Gasteiger partial charge in [-0.05, 0) is 81.4 Å². The Morgan fingerprint density at radius 3 is 1.46 bits per heavy atom. The Balaban J connectivity index is 0.000000241. The monoisotopic (exact) mass is 589 g/mol. The highest BCUT2D eigenvalue weighted by molar-refractivity contribution is 7.97. The van der Waals surface area contributed by atoms with Gasteiger partial charge >= 0.3 is 12.1 Å². The number of alkyl halides is 5. The summed E-state index contributed by atoms with van der Waals surface area (Å²) in [7, 11) is -0.102. The molecule has 0 fully saturated rings. The van der Waals surface area contributed by atoms with Gasteiger partial charge in [-0.1, -0.05) is 54.6 Å². The highest BCUT2D eigenvalue weighted by Gasteiger charge is 2.49. The minimum Gasteiger partial charge on any atom is -0.488 e. The molecule has 0 N–H and O–H groups in total. The molecule has 0 aliphatic carbocycles. The first kappa shape index (κ1) is 31.7. The molecule has 4 aromatic rings. The summed E-state index contributed by atoms with van der Waals surface area (Å²) in [5, 5.41) is 0. The van der Waals surface area contributed by atoms with Crippen molar-refractivity contribution in [2.75, 3.05) is 0 Å². The Hall–Kier alpha value is -3.85. The molecule has 0 radical (unpaired) electrons. The van der Waals surface area contributed by atoms with Gasteiger partial charge in [-0.2, -0.15) is 13.2 Å². The lowest BCUT2D eigenvalue weighted by Crippen LogP contribution is -2.39. The standard InChI is InChI=1S/C22H23OS.C10H7F5O2/c1-22(2,3)23-18-14-16-21(17-15-18)24(19-10-6-4-7-11-19)20-12-8-5-9-13-20;11-8(12)7(10(13,14)15)17-9(16)6-4-2-1-3-5-6/h4-17H,1-3H3;1-5,7-8H/q+1;. The number of halogens is 5. The maximum atomic E-state index is 12.1. The van der Waals surface area contributed by atoms with E-state index in [0.29, 0.717) is 0 Å². The summed E-state index contributed by atoms with van der Waals surface area (Å²) in [4.78, 5) is 15.1. The van der Waals surface area contributed by atoms with Crippen molar-refractivity contribution in [3.63, 3.8) is 0 Å². The van der Waals surface area contributed by atoms with Gasteiger partial charge in [0.1, 0.15) is 11.4 Å². The number of hydrogen-bond acceptors (Lipinski definition) is 3. The average Bonchev–Trinajstić information content (AvgIpc) is 2.93. The Bertz CT molecular complexity index is 1300. The molecular formula is C32H30F5O3S+. The van der Waals surface area contributed by atoms with Gasteiger partial charge in [0.15, 0.2) is 14.7 Å². The third-order valence-corrected chi connectivity index (χ3v) is 7.47. The molecule has 0 saturated heterocycles. The first-order chi connectivity index (χ1) is 19.3. The second kappa shape index (κ2) is 14.2. The van der Waals surface area contributed by atoms with Crippen molar-refractivity contribution in [1.82, 2.24) is 0 Å². The summed E-state index contributed by atoms with van der Waals surface area (Å²) >= 11 is 0. The summed E-state index contributed by atoms with van der Waals surface area (Å²) in [5.41, 5.74) is -0.399. The number of hydrogen-bond donors (Lipinski definition) is 0. The smallest absolute Gasteiger partial charge is 0.431 e. The Morgan fingerprint density at radius 2 is 1.07 bits per heavy atom. The lowest BCUT2D eigenvalue weighted by Gasteiger charge is -2.21. The Labute approximate surface area is 239 Å². The van der Waals surface area contributed by atoms with Crippen LogP contribution in [-0.4, -0.2) is 30.3 Å². The molecular weight excluding hydrogens is 559 g/mol. The minimum atomic E-state index is -5.29. The fraction of sp³-hybridized carbons (Fsp3) is 0.219. The number of carbonyl (C=O) groups is 1. The molecule has 0 bridgehead atoms. The van der Waals surface area contributed by atoms with Crippen LogP contribution in [-0.2, 0) is 15.6 Å². The highest BCUT2D eigenvalue weighted by atomic mass is 32.2. The average molecular weight is 590 g/mol. The van der Waals surface area contributed by atoms with Crippen LogP contribution in [0.3, 0.4) is 0 Å². The van der Waals surface area contributed by atoms with Gasteiger partial charge in [0, 0.05) is 0 Å². The summed E-state index contributed by atoms with van der Waals surface area (Å²) in [6, 6.07) is 36.5. The molecule has 0 amide bonds. The maximum absolute atomic E-state index is 12.1. The van der Waals surface area contributed by atoms with Gasteiger partial charge in [-0.15, -0.1) is 0 Å². The lowest BCUT2D eigenvalue weighted by molar-refractivity contribution is -0.236. The van der Waals surface area contributed by atoms with Crippen LogP contribution < -0.4 is 4.74 Å². The van der Waals surface area contributed by atoms with E-state index in [9.17, 15) is 26.7 Å². The van der Waals surface area contributed by atoms with E-state index in [1.54, 1.807) is 0 Å². The van der Waals surface area contributed by atoms with E-state index in [4.69, 9.17) is 4.74 Å². The van der Waals surface area contributed by atoms with Crippen molar-refractivity contribution in [2.45, 2.75) is 59.8 Å². The van der Waals surface area contributed by atoms with Crippen LogP contribution in [0.15, 0.2) is 130 Å². The molecule has 1 atom stereocenters. The van der Waals surface area contributed by atoms with Gasteiger partial charge < -0.3 is 9.47 Å². The topological polar surface area (TPSA) is 35.5 Å². The highest BCUT2D eigenvalue weighted by Crippen LogP contribution is 2.32. The van der Waals surface area contributed by atoms with Crippen molar-refractivity contribution >= 4 is 16.9 Å². The molecule has 0 aliphatic heterocycles. The number of ether oxygens (including phenoxy) is 2. The Morgan fingerprint density at radius 1 is 0.659 bits per heavy atom. The van der Waals surface area contributed by atoms with E-state index < -0.39 is 24.7 Å². The van der Waals surface area contributed by atoms with Crippen molar-refractivity contribution in [3.05, 3.63) is 121 Å². The van der Waals surface area contributed by atoms with E-state index in [2.05, 4.69) is 110 Å². The van der Waals surface area contributed by atoms with Crippen LogP contribution in [0.2, 0.25) is 0 Å². The molecule has 9 heteroatoms. The van der Waals surface area contributed by atoms with Crippen molar-refractivity contribution in [3.8, 4) is 5.75 Å². The molecule has 0 saturated carbocycles. The van der Waals surface area contributed by atoms with Crippen LogP contribution in [0.1, 0.15) is 31.1 Å². The molecule has 4 aromatic carbocycles. The van der Waals surface area contributed by atoms with Gasteiger partial charge in [0.2, 0.25) is 0 Å². The predicted octanol–water partition coefficient (Wildman–Crippen LogP) is 9.00. The van der Waals surface area contributed by atoms with Crippen LogP contribution >= 0.6 is 0 Å². The first-order valence-corrected chi connectivity index (χ1v) is 13.8. The van der Waals surface area contributed by atoms with Crippen molar-refractivity contribution in [1.29, 1.82) is 0 Å². The first-order valence-electron chi connectivity index (χ1n) is 12.6. The summed E-state index contributed by atoms with van der Waals surface area (Å²) in [6.45, 7) is 6.21. The molecule has 0 aromatic heterocycles. The van der Waals surface area contributed by atoms with Crippen LogP contribution in [0.4, 0.5) is 22.0 Å². The second-order valence-electron chi connectivity index (χ2n) is 9.69. The summed E-state index contributed by atoms with van der Waals surface area (Å²) < 4.78 is 70.1. The molecule has 0 spiro atoms. The number of benzene rings is 4. The molecule has 0 heterocycles. The fourth-order valence-electron chi connectivity index (χ4n) is 3.54. The van der Waals surface area contributed by atoms with Gasteiger partial charge in [0.25, 0.3) is 12.5 Å². The number of esters is 1.